The molecule has 0 unspecified atom stereocenters. The van der Waals surface area contributed by atoms with Gasteiger partial charge in [0, 0.05) is 29.8 Å². The lowest BCUT2D eigenvalue weighted by atomic mass is 10.1. The van der Waals surface area contributed by atoms with Crippen LogP contribution in [0.1, 0.15) is 23.2 Å². The van der Waals surface area contributed by atoms with Gasteiger partial charge in [0.05, 0.1) is 28.9 Å². The minimum absolute atomic E-state index is 0. The molecule has 0 saturated heterocycles. The molecule has 3 amide bonds. The number of carbonyl (C=O) groups excluding carboxylic acids is 2. The Morgan fingerprint density at radius 3 is 2.58 bits per heavy atom. The molecule has 0 bridgehead atoms. The highest BCUT2D eigenvalue weighted by Crippen LogP contribution is 2.35. The van der Waals surface area contributed by atoms with E-state index in [1.54, 1.807) is 42.6 Å². The monoisotopic (exact) mass is 506 g/mol. The molecule has 2 aromatic carbocycles. The van der Waals surface area contributed by atoms with Crippen molar-refractivity contribution in [2.24, 2.45) is 5.73 Å². The van der Waals surface area contributed by atoms with Crippen molar-refractivity contribution in [1.29, 1.82) is 0 Å². The first-order valence-electron chi connectivity index (χ1n) is 9.26. The van der Waals surface area contributed by atoms with Gasteiger partial charge in [-0.1, -0.05) is 11.6 Å². The van der Waals surface area contributed by atoms with Crippen LogP contribution < -0.4 is 25.8 Å². The van der Waals surface area contributed by atoms with Crippen molar-refractivity contribution in [3.8, 4) is 17.2 Å². The first-order valence-corrected chi connectivity index (χ1v) is 9.64. The lowest BCUT2D eigenvalue weighted by molar-refractivity contribution is 0.0997. The van der Waals surface area contributed by atoms with Gasteiger partial charge in [0.25, 0.3) is 5.91 Å². The van der Waals surface area contributed by atoms with Crippen molar-refractivity contribution in [1.82, 2.24) is 10.3 Å². The van der Waals surface area contributed by atoms with Gasteiger partial charge in [-0.2, -0.15) is 0 Å². The van der Waals surface area contributed by atoms with E-state index in [9.17, 15) is 9.59 Å². The van der Waals surface area contributed by atoms with E-state index >= 15 is 0 Å². The second-order valence-corrected chi connectivity index (χ2v) is 7.27. The molecule has 1 fully saturated rings. The summed E-state index contributed by atoms with van der Waals surface area (Å²) in [5.41, 5.74) is 6.73. The Bertz CT molecular complexity index is 1150. The SMILES string of the molecule is Br.COc1cc2nccc(Oc3ccc(NC(=O)NC4CC4)c(Cl)c3)c2cc1C(N)=O. The fraction of sp³-hybridized carbons (Fsp3) is 0.190. The summed E-state index contributed by atoms with van der Waals surface area (Å²) in [4.78, 5) is 28.0. The van der Waals surface area contributed by atoms with Crippen LogP contribution in [0.2, 0.25) is 5.02 Å². The summed E-state index contributed by atoms with van der Waals surface area (Å²) in [5.74, 6) is 0.639. The molecule has 8 nitrogen and oxygen atoms in total. The van der Waals surface area contributed by atoms with Gasteiger partial charge in [0.1, 0.15) is 17.2 Å². The van der Waals surface area contributed by atoms with Crippen LogP contribution in [0.25, 0.3) is 10.9 Å². The number of hydrogen-bond donors (Lipinski definition) is 3. The fourth-order valence-corrected chi connectivity index (χ4v) is 3.18. The van der Waals surface area contributed by atoms with Crippen molar-refractivity contribution < 1.29 is 19.1 Å². The van der Waals surface area contributed by atoms with Crippen molar-refractivity contribution in [2.75, 3.05) is 12.4 Å². The number of hydrogen-bond acceptors (Lipinski definition) is 5. The van der Waals surface area contributed by atoms with Crippen LogP contribution >= 0.6 is 28.6 Å². The maximum Gasteiger partial charge on any atom is 0.319 e. The van der Waals surface area contributed by atoms with Crippen LogP contribution in [-0.4, -0.2) is 30.1 Å². The number of urea groups is 1. The number of primary amides is 1. The Morgan fingerprint density at radius 2 is 1.94 bits per heavy atom. The third-order valence-corrected chi connectivity index (χ3v) is 4.93. The van der Waals surface area contributed by atoms with Gasteiger partial charge >= 0.3 is 6.03 Å². The second-order valence-electron chi connectivity index (χ2n) is 6.86. The summed E-state index contributed by atoms with van der Waals surface area (Å²) < 4.78 is 11.2. The molecule has 10 heteroatoms. The highest BCUT2D eigenvalue weighted by atomic mass is 79.9. The van der Waals surface area contributed by atoms with Gasteiger partial charge < -0.3 is 25.8 Å². The van der Waals surface area contributed by atoms with Gasteiger partial charge in [-0.05, 0) is 37.1 Å². The molecular weight excluding hydrogens is 488 g/mol. The molecule has 1 aromatic heterocycles. The Kier molecular flexibility index (Phi) is 6.87. The lowest BCUT2D eigenvalue weighted by Gasteiger charge is -2.13. The predicted molar refractivity (Wildman–Crippen MR) is 124 cm³/mol. The summed E-state index contributed by atoms with van der Waals surface area (Å²) in [6.45, 7) is 0. The second kappa shape index (κ2) is 9.40. The zero-order valence-corrected chi connectivity index (χ0v) is 18.9. The van der Waals surface area contributed by atoms with E-state index in [4.69, 9.17) is 26.8 Å². The highest BCUT2D eigenvalue weighted by Gasteiger charge is 2.23. The number of carbonyl (C=O) groups is 2. The number of nitrogens with zero attached hydrogens (tertiary/aromatic N) is 1. The normalized spacial score (nSPS) is 12.6. The maximum atomic E-state index is 11.9. The molecule has 0 atom stereocenters. The maximum absolute atomic E-state index is 11.9. The predicted octanol–water partition coefficient (Wildman–Crippen LogP) is 4.65. The molecule has 1 aliphatic rings. The molecule has 3 aromatic rings. The van der Waals surface area contributed by atoms with E-state index in [-0.39, 0.29) is 34.6 Å². The molecule has 0 spiro atoms. The Labute approximate surface area is 193 Å². The van der Waals surface area contributed by atoms with E-state index in [1.807, 2.05) is 0 Å². The van der Waals surface area contributed by atoms with Crippen molar-refractivity contribution in [3.63, 3.8) is 0 Å². The number of nitrogens with one attached hydrogen (secondary N) is 2. The zero-order chi connectivity index (χ0) is 21.3. The molecular formula is C21H20BrClN4O4. The zero-order valence-electron chi connectivity index (χ0n) is 16.5. The first kappa shape index (κ1) is 22.6. The molecule has 1 aliphatic carbocycles. The molecule has 4 rings (SSSR count). The van der Waals surface area contributed by atoms with E-state index in [0.717, 1.165) is 12.8 Å². The molecule has 0 aliphatic heterocycles. The van der Waals surface area contributed by atoms with Crippen LogP contribution in [0.5, 0.6) is 17.2 Å². The van der Waals surface area contributed by atoms with Gasteiger partial charge in [0.15, 0.2) is 0 Å². The largest absolute Gasteiger partial charge is 0.496 e. The number of anilines is 1. The minimum Gasteiger partial charge on any atom is -0.496 e. The number of rotatable bonds is 6. The topological polar surface area (TPSA) is 116 Å². The van der Waals surface area contributed by atoms with Crippen LogP contribution in [0, 0.1) is 0 Å². The number of nitrogens with two attached hydrogens (primary N) is 1. The van der Waals surface area contributed by atoms with Crippen molar-refractivity contribution in [2.45, 2.75) is 18.9 Å². The molecule has 162 valence electrons. The number of ether oxygens (including phenoxy) is 2. The number of aromatic nitrogens is 1. The van der Waals surface area contributed by atoms with E-state index in [0.29, 0.717) is 38.9 Å². The van der Waals surface area contributed by atoms with Gasteiger partial charge in [-0.25, -0.2) is 4.79 Å². The van der Waals surface area contributed by atoms with Crippen LogP contribution in [0.3, 0.4) is 0 Å². The van der Waals surface area contributed by atoms with Crippen LogP contribution in [0.15, 0.2) is 42.6 Å². The van der Waals surface area contributed by atoms with E-state index in [2.05, 4.69) is 15.6 Å². The third-order valence-electron chi connectivity index (χ3n) is 4.62. The average molecular weight is 508 g/mol. The Morgan fingerprint density at radius 1 is 1.16 bits per heavy atom. The Hall–Kier alpha value is -3.04. The summed E-state index contributed by atoms with van der Waals surface area (Å²) >= 11 is 6.30. The summed E-state index contributed by atoms with van der Waals surface area (Å²) in [6.07, 6.45) is 3.58. The highest BCUT2D eigenvalue weighted by molar-refractivity contribution is 8.93. The lowest BCUT2D eigenvalue weighted by Crippen LogP contribution is -2.30. The number of fused-ring (bicyclic) bond motifs is 1. The number of benzene rings is 2. The molecule has 31 heavy (non-hydrogen) atoms. The van der Waals surface area contributed by atoms with Gasteiger partial charge in [-0.15, -0.1) is 17.0 Å². The van der Waals surface area contributed by atoms with Crippen LogP contribution in [-0.2, 0) is 0 Å². The number of amides is 3. The van der Waals surface area contributed by atoms with Gasteiger partial charge in [-0.3, -0.25) is 9.78 Å². The number of methoxy groups -OCH3 is 1. The van der Waals surface area contributed by atoms with Crippen LogP contribution in [0.4, 0.5) is 10.5 Å². The number of pyridine rings is 1. The molecule has 4 N–H and O–H groups in total. The average Bonchev–Trinajstić information content (AvgIpc) is 3.53. The minimum atomic E-state index is -0.619. The fourth-order valence-electron chi connectivity index (χ4n) is 2.96. The van der Waals surface area contributed by atoms with E-state index < -0.39 is 5.91 Å². The first-order chi connectivity index (χ1) is 14.4. The standard InChI is InChI=1S/C21H19ClN4O4.BrH/c1-29-19-10-17-13(9-14(19)20(23)27)18(6-7-24-17)30-12-4-5-16(15(22)8-12)26-21(28)25-11-2-3-11;/h4-11H,2-3H2,1H3,(H2,23,27)(H2,25,26,28);1H. The summed E-state index contributed by atoms with van der Waals surface area (Å²) in [5, 5.41) is 6.48. The van der Waals surface area contributed by atoms with Crippen molar-refractivity contribution >= 4 is 57.1 Å². The Balaban J connectivity index is 0.00000272. The third kappa shape index (κ3) is 5.18. The van der Waals surface area contributed by atoms with Gasteiger partial charge in [0.2, 0.25) is 0 Å². The summed E-state index contributed by atoms with van der Waals surface area (Å²) in [7, 11) is 1.45. The van der Waals surface area contributed by atoms with Crippen molar-refractivity contribution in [3.05, 3.63) is 53.2 Å². The quantitative estimate of drug-likeness (QED) is 0.449. The van der Waals surface area contributed by atoms with E-state index in [1.165, 1.54) is 7.11 Å². The molecule has 1 saturated carbocycles. The number of halogens is 2. The molecule has 0 radical (unpaired) electrons. The summed E-state index contributed by atoms with van der Waals surface area (Å²) in [6, 6.07) is 9.77. The molecule has 1 heterocycles. The smallest absolute Gasteiger partial charge is 0.319 e.